The van der Waals surface area contributed by atoms with E-state index in [0.717, 1.165) is 16.7 Å². The summed E-state index contributed by atoms with van der Waals surface area (Å²) >= 11 is 0. The minimum atomic E-state index is -1.31. The van der Waals surface area contributed by atoms with Gasteiger partial charge in [-0.15, -0.1) is 0 Å². The maximum atomic E-state index is 12.0. The second-order valence-electron chi connectivity index (χ2n) is 4.09. The van der Waals surface area contributed by atoms with Crippen LogP contribution in [0.3, 0.4) is 0 Å². The van der Waals surface area contributed by atoms with Crippen molar-refractivity contribution in [2.45, 2.75) is 20.8 Å². The van der Waals surface area contributed by atoms with Crippen LogP contribution >= 0.6 is 0 Å². The lowest BCUT2D eigenvalue weighted by Crippen LogP contribution is -2.19. The van der Waals surface area contributed by atoms with Gasteiger partial charge in [-0.05, 0) is 37.5 Å². The van der Waals surface area contributed by atoms with Crippen LogP contribution in [-0.2, 0) is 0 Å². The van der Waals surface area contributed by atoms with Gasteiger partial charge in [0.15, 0.2) is 0 Å². The Labute approximate surface area is 97.1 Å². The molecular weight excluding hydrogens is 220 g/mol. The van der Waals surface area contributed by atoms with Crippen molar-refractivity contribution in [3.8, 4) is 0 Å². The molecule has 1 aromatic carbocycles. The van der Waals surface area contributed by atoms with Crippen LogP contribution in [0, 0.1) is 20.8 Å². The number of aryl methyl sites for hydroxylation is 3. The van der Waals surface area contributed by atoms with Gasteiger partial charge in [-0.25, -0.2) is 4.79 Å². The molecule has 2 aromatic rings. The quantitative estimate of drug-likeness (QED) is 0.781. The van der Waals surface area contributed by atoms with Gasteiger partial charge in [0, 0.05) is 0 Å². The van der Waals surface area contributed by atoms with E-state index in [1.54, 1.807) is 6.92 Å². The molecular formula is C12H12N2O3. The molecule has 5 heteroatoms. The third-order valence-electron chi connectivity index (χ3n) is 2.97. The molecule has 0 saturated heterocycles. The number of rotatable bonds is 1. The molecule has 0 atom stereocenters. The summed E-state index contributed by atoms with van der Waals surface area (Å²) in [4.78, 5) is 22.9. The van der Waals surface area contributed by atoms with Crippen molar-refractivity contribution >= 4 is 16.9 Å². The third-order valence-corrected chi connectivity index (χ3v) is 2.97. The number of benzene rings is 1. The molecule has 0 aliphatic rings. The molecule has 2 rings (SSSR count). The van der Waals surface area contributed by atoms with Crippen molar-refractivity contribution < 1.29 is 9.90 Å². The van der Waals surface area contributed by atoms with E-state index in [1.165, 1.54) is 0 Å². The molecule has 0 bridgehead atoms. The summed E-state index contributed by atoms with van der Waals surface area (Å²) in [5.74, 6) is -1.31. The molecule has 0 saturated carbocycles. The predicted octanol–water partition coefficient (Wildman–Crippen LogP) is 1.55. The first-order valence-electron chi connectivity index (χ1n) is 5.16. The zero-order valence-corrected chi connectivity index (χ0v) is 9.79. The second-order valence-corrected chi connectivity index (χ2v) is 4.09. The first-order chi connectivity index (χ1) is 7.93. The lowest BCUT2D eigenvalue weighted by Gasteiger charge is -2.08. The molecule has 0 fully saturated rings. The number of hydrogen-bond donors (Lipinski definition) is 2. The van der Waals surface area contributed by atoms with Gasteiger partial charge in [-0.2, -0.15) is 5.10 Å². The van der Waals surface area contributed by atoms with Crippen molar-refractivity contribution in [1.82, 2.24) is 10.2 Å². The third kappa shape index (κ3) is 1.60. The van der Waals surface area contributed by atoms with Crippen molar-refractivity contribution in [3.05, 3.63) is 38.7 Å². The first kappa shape index (κ1) is 11.3. The van der Waals surface area contributed by atoms with Crippen molar-refractivity contribution in [2.24, 2.45) is 0 Å². The summed E-state index contributed by atoms with van der Waals surface area (Å²) < 4.78 is 0. The summed E-state index contributed by atoms with van der Waals surface area (Å²) in [5, 5.41) is 15.5. The molecule has 0 spiro atoms. The summed E-state index contributed by atoms with van der Waals surface area (Å²) in [6.45, 7) is 5.55. The van der Waals surface area contributed by atoms with Gasteiger partial charge in [-0.1, -0.05) is 6.07 Å². The van der Waals surface area contributed by atoms with Crippen molar-refractivity contribution in [2.75, 3.05) is 0 Å². The zero-order chi connectivity index (χ0) is 12.7. The molecule has 0 radical (unpaired) electrons. The fourth-order valence-electron chi connectivity index (χ4n) is 1.94. The number of carboxylic acids is 1. The fourth-order valence-corrected chi connectivity index (χ4v) is 1.94. The van der Waals surface area contributed by atoms with E-state index in [9.17, 15) is 9.59 Å². The highest BCUT2D eigenvalue weighted by molar-refractivity contribution is 5.92. The van der Waals surface area contributed by atoms with Gasteiger partial charge in [0.2, 0.25) is 11.1 Å². The first-order valence-corrected chi connectivity index (χ1v) is 5.16. The topological polar surface area (TPSA) is 83.1 Å². The Hall–Kier alpha value is -2.17. The molecule has 2 N–H and O–H groups in total. The Balaban J connectivity index is 3.04. The smallest absolute Gasteiger partial charge is 0.360 e. The van der Waals surface area contributed by atoms with Gasteiger partial charge in [-0.3, -0.25) is 9.89 Å². The minimum Gasteiger partial charge on any atom is -0.476 e. The van der Waals surface area contributed by atoms with E-state index in [0.29, 0.717) is 10.9 Å². The van der Waals surface area contributed by atoms with Gasteiger partial charge >= 0.3 is 5.97 Å². The number of nitrogens with one attached hydrogen (secondary N) is 1. The maximum absolute atomic E-state index is 12.0. The average Bonchev–Trinajstić information content (AvgIpc) is 2.25. The van der Waals surface area contributed by atoms with E-state index in [2.05, 4.69) is 10.2 Å². The number of aromatic nitrogens is 2. The Kier molecular flexibility index (Phi) is 2.46. The largest absolute Gasteiger partial charge is 0.476 e. The molecule has 0 aliphatic heterocycles. The molecule has 1 aromatic heterocycles. The monoisotopic (exact) mass is 232 g/mol. The average molecular weight is 232 g/mol. The van der Waals surface area contributed by atoms with E-state index in [-0.39, 0.29) is 0 Å². The molecule has 17 heavy (non-hydrogen) atoms. The SMILES string of the molecule is Cc1cc(C)c2[nH]nc(C(=O)O)c(=O)c2c1C. The lowest BCUT2D eigenvalue weighted by molar-refractivity contribution is 0.0688. The minimum absolute atomic E-state index is 0.412. The van der Waals surface area contributed by atoms with E-state index < -0.39 is 17.1 Å². The van der Waals surface area contributed by atoms with Gasteiger partial charge < -0.3 is 5.11 Å². The second kappa shape index (κ2) is 3.69. The van der Waals surface area contributed by atoms with Crippen LogP contribution in [0.5, 0.6) is 0 Å². The number of hydrogen-bond acceptors (Lipinski definition) is 3. The van der Waals surface area contributed by atoms with Crippen molar-refractivity contribution in [3.63, 3.8) is 0 Å². The van der Waals surface area contributed by atoms with Gasteiger partial charge in [0.1, 0.15) is 0 Å². The highest BCUT2D eigenvalue weighted by Gasteiger charge is 2.16. The number of aromatic amines is 1. The lowest BCUT2D eigenvalue weighted by atomic mass is 10.00. The standard InChI is InChI=1S/C12H12N2O3/c1-5-4-6(2)9-8(7(5)3)11(15)10(12(16)17)14-13-9/h4H,1-3H3,(H,13,15)(H,16,17). The fraction of sp³-hybridized carbons (Fsp3) is 0.250. The normalized spacial score (nSPS) is 10.8. The van der Waals surface area contributed by atoms with Crippen LogP contribution in [0.15, 0.2) is 10.9 Å². The number of fused-ring (bicyclic) bond motifs is 1. The molecule has 0 aliphatic carbocycles. The van der Waals surface area contributed by atoms with Crippen LogP contribution in [0.25, 0.3) is 10.9 Å². The van der Waals surface area contributed by atoms with Crippen LogP contribution in [0.4, 0.5) is 0 Å². The Bertz CT molecular complexity index is 686. The number of H-pyrrole nitrogens is 1. The predicted molar refractivity (Wildman–Crippen MR) is 63.5 cm³/mol. The Morgan fingerprint density at radius 1 is 1.29 bits per heavy atom. The number of nitrogens with zero attached hydrogens (tertiary/aromatic N) is 1. The van der Waals surface area contributed by atoms with Crippen LogP contribution < -0.4 is 5.43 Å². The molecule has 0 unspecified atom stereocenters. The number of carboxylic acid groups (broad SMARTS) is 1. The highest BCUT2D eigenvalue weighted by atomic mass is 16.4. The number of aromatic carboxylic acids is 1. The van der Waals surface area contributed by atoms with Gasteiger partial charge in [0.25, 0.3) is 0 Å². The summed E-state index contributed by atoms with van der Waals surface area (Å²) in [6.07, 6.45) is 0. The maximum Gasteiger partial charge on any atom is 0.360 e. The van der Waals surface area contributed by atoms with E-state index in [1.807, 2.05) is 19.9 Å². The Morgan fingerprint density at radius 2 is 1.94 bits per heavy atom. The summed E-state index contributed by atoms with van der Waals surface area (Å²) in [7, 11) is 0. The highest BCUT2D eigenvalue weighted by Crippen LogP contribution is 2.20. The summed E-state index contributed by atoms with van der Waals surface area (Å²) in [5.41, 5.74) is 2.23. The molecule has 1 heterocycles. The van der Waals surface area contributed by atoms with E-state index in [4.69, 9.17) is 5.11 Å². The molecule has 5 nitrogen and oxygen atoms in total. The molecule has 0 amide bonds. The summed E-state index contributed by atoms with van der Waals surface area (Å²) in [6, 6.07) is 1.94. The number of carbonyl (C=O) groups is 1. The Morgan fingerprint density at radius 3 is 2.53 bits per heavy atom. The zero-order valence-electron chi connectivity index (χ0n) is 9.79. The molecule has 88 valence electrons. The van der Waals surface area contributed by atoms with E-state index >= 15 is 0 Å². The van der Waals surface area contributed by atoms with Crippen molar-refractivity contribution in [1.29, 1.82) is 0 Å². The van der Waals surface area contributed by atoms with Crippen LogP contribution in [0.2, 0.25) is 0 Å². The van der Waals surface area contributed by atoms with Crippen LogP contribution in [-0.4, -0.2) is 21.3 Å². The van der Waals surface area contributed by atoms with Gasteiger partial charge in [0.05, 0.1) is 10.9 Å². The van der Waals surface area contributed by atoms with Crippen LogP contribution in [0.1, 0.15) is 27.2 Å².